The van der Waals surface area contributed by atoms with Gasteiger partial charge in [-0.3, -0.25) is 9.69 Å². The van der Waals surface area contributed by atoms with Gasteiger partial charge in [0, 0.05) is 55.3 Å². The van der Waals surface area contributed by atoms with E-state index in [0.29, 0.717) is 42.2 Å². The van der Waals surface area contributed by atoms with Gasteiger partial charge < -0.3 is 20.1 Å². The highest BCUT2D eigenvalue weighted by atomic mass is 16.6. The Balaban J connectivity index is 1.23. The van der Waals surface area contributed by atoms with Gasteiger partial charge in [-0.15, -0.1) is 0 Å². The number of aryl methyl sites for hydroxylation is 1. The summed E-state index contributed by atoms with van der Waals surface area (Å²) >= 11 is 0. The highest BCUT2D eigenvalue weighted by molar-refractivity contribution is 6.00. The Hall–Kier alpha value is -2.90. The fraction of sp³-hybridized carbons (Fsp3) is 0.689. The summed E-state index contributed by atoms with van der Waals surface area (Å²) in [6, 6.07) is 6.78. The van der Waals surface area contributed by atoms with Crippen molar-refractivity contribution in [2.24, 2.45) is 52.1 Å². The van der Waals surface area contributed by atoms with Crippen molar-refractivity contribution < 1.29 is 19.1 Å². The topological polar surface area (TPSA) is 85.1 Å². The van der Waals surface area contributed by atoms with Crippen molar-refractivity contribution in [3.63, 3.8) is 0 Å². The monoisotopic (exact) mass is 705 g/mol. The molecule has 10 unspecified atom stereocenters. The molecular weight excluding hydrogens is 647 g/mol. The molecule has 1 aromatic rings. The minimum absolute atomic E-state index is 0.0622. The van der Waals surface area contributed by atoms with Crippen molar-refractivity contribution >= 4 is 11.9 Å². The molecule has 8 heterocycles. The van der Waals surface area contributed by atoms with E-state index in [4.69, 9.17) is 15.2 Å². The Kier molecular flexibility index (Phi) is 7.80. The summed E-state index contributed by atoms with van der Waals surface area (Å²) in [5.41, 5.74) is 10.8. The average molecular weight is 706 g/mol. The zero-order valence-corrected chi connectivity index (χ0v) is 31.8. The first-order valence-corrected chi connectivity index (χ1v) is 21.2. The van der Waals surface area contributed by atoms with Crippen LogP contribution in [0.15, 0.2) is 53.0 Å². The smallest absolute Gasteiger partial charge is 0.339 e. The standard InChI is InChI=1S/C45H59N3O4/c1-4-8-31-14-18-38-43-20-19-33-34(16-15-32-27(3)13-17-36(40(32)33)48-25-28-22-29(26-48)24-47(31)23-28)44(43,42(50)51-38)37(9-5-2)45(43)35-12-6-10-30(11-7-21-46)39(35)41(49)52-45/h6,10,12,17-18,27-29,31-32,37,40H,4-5,7-9,11,13-16,19-26,46H2,1-3H3. The Morgan fingerprint density at radius 1 is 0.981 bits per heavy atom. The molecule has 3 saturated heterocycles. The molecule has 0 radical (unpaired) electrons. The second-order valence-corrected chi connectivity index (χ2v) is 18.4. The average Bonchev–Trinajstić information content (AvgIpc) is 3.59. The van der Waals surface area contributed by atoms with Gasteiger partial charge >= 0.3 is 11.9 Å². The van der Waals surface area contributed by atoms with E-state index in [1.807, 2.05) is 0 Å². The van der Waals surface area contributed by atoms with Gasteiger partial charge in [0.1, 0.15) is 11.2 Å². The number of esters is 2. The number of fused-ring (bicyclic) bond motifs is 2. The molecule has 10 atom stereocenters. The highest BCUT2D eigenvalue weighted by Crippen LogP contribution is 2.87. The summed E-state index contributed by atoms with van der Waals surface area (Å²) < 4.78 is 13.9. The van der Waals surface area contributed by atoms with E-state index >= 15 is 4.79 Å². The van der Waals surface area contributed by atoms with E-state index in [9.17, 15) is 4.79 Å². The number of piperidine rings is 2. The molecule has 0 amide bonds. The summed E-state index contributed by atoms with van der Waals surface area (Å²) in [4.78, 5) is 35.4. The van der Waals surface area contributed by atoms with Crippen molar-refractivity contribution in [2.75, 3.05) is 32.7 Å². The molecule has 2 N–H and O–H groups in total. The summed E-state index contributed by atoms with van der Waals surface area (Å²) in [5, 5.41) is 0. The van der Waals surface area contributed by atoms with Gasteiger partial charge in [-0.2, -0.15) is 0 Å². The number of hydrogen-bond acceptors (Lipinski definition) is 7. The first-order valence-electron chi connectivity index (χ1n) is 21.2. The van der Waals surface area contributed by atoms with Crippen molar-refractivity contribution in [2.45, 2.75) is 116 Å². The molecule has 4 fully saturated rings. The first kappa shape index (κ1) is 33.7. The lowest BCUT2D eigenvalue weighted by molar-refractivity contribution is -0.277. The molecule has 12 aliphatic rings. The fourth-order valence-corrected chi connectivity index (χ4v) is 14.5. The van der Waals surface area contributed by atoms with E-state index in [2.05, 4.69) is 60.9 Å². The van der Waals surface area contributed by atoms with Crippen LogP contribution in [-0.4, -0.2) is 60.5 Å². The lowest BCUT2D eigenvalue weighted by atomic mass is 9.28. The van der Waals surface area contributed by atoms with Gasteiger partial charge in [0.25, 0.3) is 0 Å². The van der Waals surface area contributed by atoms with Crippen LogP contribution in [0.2, 0.25) is 0 Å². The Labute approximate surface area is 310 Å². The molecule has 1 saturated carbocycles. The molecular formula is C45H59N3O4. The molecule has 10 bridgehead atoms. The van der Waals surface area contributed by atoms with Crippen LogP contribution in [0.4, 0.5) is 0 Å². The van der Waals surface area contributed by atoms with Crippen LogP contribution >= 0.6 is 0 Å². The molecule has 2 spiro atoms. The maximum atomic E-state index is 15.3. The third-order valence-corrected chi connectivity index (χ3v) is 16.1. The second-order valence-electron chi connectivity index (χ2n) is 18.4. The first-order chi connectivity index (χ1) is 25.3. The van der Waals surface area contributed by atoms with Gasteiger partial charge in [0.05, 0.1) is 11.0 Å². The maximum absolute atomic E-state index is 15.3. The van der Waals surface area contributed by atoms with Crippen LogP contribution in [0.5, 0.6) is 0 Å². The molecule has 8 aliphatic heterocycles. The SMILES string of the molecule is CCCC1CC=C2OC(=O)C34C5=C(CCC23C2(OC(=O)c3c(CCCN)cccc32)C4CCC)C2C(=CCC(C)C2CC5)N2CC3CC(C2)CN1C3. The number of carbonyl (C=O) groups is 2. The number of ether oxygens (including phenoxy) is 2. The van der Waals surface area contributed by atoms with E-state index < -0.39 is 16.4 Å². The Morgan fingerprint density at radius 2 is 1.79 bits per heavy atom. The van der Waals surface area contributed by atoms with Crippen LogP contribution in [0.25, 0.3) is 0 Å². The molecule has 4 aliphatic carbocycles. The quantitative estimate of drug-likeness (QED) is 0.231. The van der Waals surface area contributed by atoms with Crippen molar-refractivity contribution in [3.05, 3.63) is 69.6 Å². The predicted molar refractivity (Wildman–Crippen MR) is 201 cm³/mol. The third kappa shape index (κ3) is 4.06. The molecule has 278 valence electrons. The van der Waals surface area contributed by atoms with Gasteiger partial charge in [-0.1, -0.05) is 69.0 Å². The lowest BCUT2D eigenvalue weighted by Gasteiger charge is -2.71. The molecule has 0 aromatic heterocycles. The number of carbonyl (C=O) groups excluding carboxylic acids is 2. The number of nitrogens with zero attached hydrogens (tertiary/aromatic N) is 2. The van der Waals surface area contributed by atoms with Crippen LogP contribution in [0.1, 0.15) is 119 Å². The van der Waals surface area contributed by atoms with E-state index in [0.717, 1.165) is 126 Å². The Morgan fingerprint density at radius 3 is 2.56 bits per heavy atom. The van der Waals surface area contributed by atoms with Crippen molar-refractivity contribution in [3.8, 4) is 0 Å². The molecule has 7 heteroatoms. The van der Waals surface area contributed by atoms with Crippen LogP contribution in [0.3, 0.4) is 0 Å². The van der Waals surface area contributed by atoms with E-state index in [1.165, 1.54) is 12.0 Å². The summed E-state index contributed by atoms with van der Waals surface area (Å²) in [6.45, 7) is 12.2. The van der Waals surface area contributed by atoms with E-state index in [1.54, 1.807) is 11.3 Å². The number of rotatable bonds is 7. The molecule has 13 rings (SSSR count). The maximum Gasteiger partial charge on any atom is 0.339 e. The van der Waals surface area contributed by atoms with Gasteiger partial charge in [-0.25, -0.2) is 4.79 Å². The fourth-order valence-electron chi connectivity index (χ4n) is 14.5. The van der Waals surface area contributed by atoms with Gasteiger partial charge in [0.2, 0.25) is 0 Å². The minimum atomic E-state index is -0.921. The molecule has 52 heavy (non-hydrogen) atoms. The number of nitrogens with two attached hydrogens (primary N) is 1. The number of allylic oxidation sites excluding steroid dienone is 2. The number of hydrogen-bond donors (Lipinski definition) is 1. The zero-order valence-electron chi connectivity index (χ0n) is 31.8. The summed E-state index contributed by atoms with van der Waals surface area (Å²) in [7, 11) is 0. The molecule has 7 nitrogen and oxygen atoms in total. The van der Waals surface area contributed by atoms with Gasteiger partial charge in [0.15, 0.2) is 5.60 Å². The number of benzene rings is 1. The third-order valence-electron chi connectivity index (χ3n) is 16.1. The highest BCUT2D eigenvalue weighted by Gasteiger charge is 2.92. The predicted octanol–water partition coefficient (Wildman–Crippen LogP) is 7.65. The zero-order chi connectivity index (χ0) is 35.6. The van der Waals surface area contributed by atoms with Crippen LogP contribution in [-0.2, 0) is 26.3 Å². The van der Waals surface area contributed by atoms with Crippen LogP contribution < -0.4 is 5.73 Å². The summed E-state index contributed by atoms with van der Waals surface area (Å²) in [6.07, 6.45) is 17.7. The van der Waals surface area contributed by atoms with Crippen LogP contribution in [0, 0.1) is 46.3 Å². The normalized spacial score (nSPS) is 42.3. The van der Waals surface area contributed by atoms with Crippen molar-refractivity contribution in [1.82, 2.24) is 9.80 Å². The molecule has 1 aromatic carbocycles. The Bertz CT molecular complexity index is 1780. The van der Waals surface area contributed by atoms with E-state index in [-0.39, 0.29) is 17.9 Å². The minimum Gasteiger partial charge on any atom is -0.449 e. The lowest BCUT2D eigenvalue weighted by Crippen LogP contribution is -2.77. The second kappa shape index (κ2) is 12.1. The largest absolute Gasteiger partial charge is 0.449 e. The van der Waals surface area contributed by atoms with Gasteiger partial charge in [-0.05, 0) is 112 Å². The summed E-state index contributed by atoms with van der Waals surface area (Å²) in [5.74, 6) is 3.36. The van der Waals surface area contributed by atoms with Crippen molar-refractivity contribution in [1.29, 1.82) is 0 Å².